The van der Waals surface area contributed by atoms with E-state index in [4.69, 9.17) is 9.47 Å². The zero-order chi connectivity index (χ0) is 66.0. The minimum absolute atomic E-state index is 0.268. The van der Waals surface area contributed by atoms with Gasteiger partial charge in [-0.1, -0.05) is 425 Å². The Kier molecular flexibility index (Phi) is 66.8. The van der Waals surface area contributed by atoms with E-state index in [2.05, 4.69) is 19.2 Å². The molecule has 1 rings (SSSR count). The lowest BCUT2D eigenvalue weighted by molar-refractivity contribution is -0.303. The fraction of sp³-hybridized carbons (Fsp3) is 0.988. The third kappa shape index (κ3) is 55.8. The van der Waals surface area contributed by atoms with Gasteiger partial charge in [-0.2, -0.15) is 0 Å². The Bertz CT molecular complexity index is 1440. The van der Waals surface area contributed by atoms with Crippen molar-refractivity contribution in [2.45, 2.75) is 493 Å². The molecule has 91 heavy (non-hydrogen) atoms. The molecular weight excluding hydrogens is 1130 g/mol. The van der Waals surface area contributed by atoms with Crippen LogP contribution in [0, 0.1) is 0 Å². The fourth-order valence-corrected chi connectivity index (χ4v) is 13.9. The molecule has 1 aliphatic rings. The van der Waals surface area contributed by atoms with Gasteiger partial charge in [0.1, 0.15) is 36.6 Å². The number of unbranched alkanes of at least 4 members (excludes halogenated alkanes) is 62. The summed E-state index contributed by atoms with van der Waals surface area (Å²) in [6.45, 7) is 3.54. The van der Waals surface area contributed by atoms with E-state index in [1.165, 1.54) is 360 Å². The summed E-state index contributed by atoms with van der Waals surface area (Å²) in [4.78, 5) is 13.3. The first-order valence-corrected chi connectivity index (χ1v) is 40.9. The summed E-state index contributed by atoms with van der Waals surface area (Å²) in [7, 11) is 0. The molecule has 0 aromatic rings. The van der Waals surface area contributed by atoms with Crippen LogP contribution in [0.2, 0.25) is 0 Å². The minimum Gasteiger partial charge on any atom is -0.394 e. The van der Waals surface area contributed by atoms with E-state index >= 15 is 0 Å². The molecule has 0 radical (unpaired) electrons. The summed E-state index contributed by atoms with van der Waals surface area (Å²) >= 11 is 0. The van der Waals surface area contributed by atoms with Crippen molar-refractivity contribution >= 4 is 5.91 Å². The number of rotatable bonds is 74. The van der Waals surface area contributed by atoms with Crippen LogP contribution in [-0.4, -0.2) is 110 Å². The molecule has 1 fully saturated rings. The number of carbonyl (C=O) groups is 1. The van der Waals surface area contributed by atoms with Gasteiger partial charge in [0.15, 0.2) is 6.29 Å². The molecule has 0 saturated carbocycles. The zero-order valence-corrected chi connectivity index (χ0v) is 60.6. The highest BCUT2D eigenvalue weighted by Crippen LogP contribution is 2.25. The van der Waals surface area contributed by atoms with Gasteiger partial charge in [0.05, 0.1) is 25.4 Å². The Hall–Kier alpha value is -0.890. The third-order valence-corrected chi connectivity index (χ3v) is 20.4. The van der Waals surface area contributed by atoms with Crippen LogP contribution in [0.1, 0.15) is 438 Å². The first-order chi connectivity index (χ1) is 44.7. The number of ether oxygens (including phenoxy) is 2. The van der Waals surface area contributed by atoms with Crippen LogP contribution in [0.4, 0.5) is 0 Å². The molecule has 0 aromatic carbocycles. The van der Waals surface area contributed by atoms with E-state index in [-0.39, 0.29) is 6.42 Å². The maximum atomic E-state index is 13.3. The summed E-state index contributed by atoms with van der Waals surface area (Å²) in [5, 5.41) is 76.8. The van der Waals surface area contributed by atoms with E-state index in [1.807, 2.05) is 0 Å². The molecule has 0 aliphatic carbocycles. The number of aliphatic hydroxyl groups is 7. The second kappa shape index (κ2) is 69.0. The standard InChI is InChI=1S/C80H159NO10/c1-3-5-7-9-11-13-15-17-19-21-23-25-27-29-31-32-33-34-35-36-37-38-39-40-41-42-44-46-48-50-52-54-56-58-60-62-64-66-68-73(84)79(89)81-71(70-90-80-78(88)77(87)76(86)74(69-82)91-80)75(85)72(83)67-65-63-61-59-57-55-53-51-49-47-45-43-30-28-26-24-22-20-18-16-14-12-10-8-6-4-2/h71-78,80,82-88H,3-70H2,1-2H3,(H,81,89). The smallest absolute Gasteiger partial charge is 0.249 e. The van der Waals surface area contributed by atoms with E-state index in [0.29, 0.717) is 19.3 Å². The predicted octanol–water partition coefficient (Wildman–Crippen LogP) is 21.2. The molecule has 11 heteroatoms. The average Bonchev–Trinajstić information content (AvgIpc) is 1.21. The van der Waals surface area contributed by atoms with Crippen LogP contribution >= 0.6 is 0 Å². The average molecular weight is 1300 g/mol. The summed E-state index contributed by atoms with van der Waals surface area (Å²) < 4.78 is 11.2. The lowest BCUT2D eigenvalue weighted by Crippen LogP contribution is -2.60. The molecule has 0 bridgehead atoms. The van der Waals surface area contributed by atoms with Crippen molar-refractivity contribution in [1.29, 1.82) is 0 Å². The summed E-state index contributed by atoms with van der Waals surface area (Å²) in [6, 6.07) is -1.17. The number of aliphatic hydroxyl groups excluding tert-OH is 7. The molecule has 9 atom stereocenters. The van der Waals surface area contributed by atoms with Gasteiger partial charge in [-0.25, -0.2) is 0 Å². The molecule has 0 aromatic heterocycles. The number of hydrogen-bond acceptors (Lipinski definition) is 10. The van der Waals surface area contributed by atoms with Crippen LogP contribution in [0.15, 0.2) is 0 Å². The van der Waals surface area contributed by atoms with Crippen molar-refractivity contribution in [1.82, 2.24) is 5.32 Å². The fourth-order valence-electron chi connectivity index (χ4n) is 13.9. The maximum absolute atomic E-state index is 13.3. The van der Waals surface area contributed by atoms with Crippen molar-refractivity contribution in [2.75, 3.05) is 13.2 Å². The Morgan fingerprint density at radius 2 is 0.571 bits per heavy atom. The van der Waals surface area contributed by atoms with Gasteiger partial charge in [0, 0.05) is 0 Å². The predicted molar refractivity (Wildman–Crippen MR) is 386 cm³/mol. The molecular formula is C80H159NO10. The van der Waals surface area contributed by atoms with Crippen molar-refractivity contribution < 1.29 is 50.0 Å². The van der Waals surface area contributed by atoms with E-state index < -0.39 is 74.2 Å². The monoisotopic (exact) mass is 1290 g/mol. The first kappa shape index (κ1) is 88.1. The van der Waals surface area contributed by atoms with E-state index in [9.17, 15) is 40.5 Å². The molecule has 11 nitrogen and oxygen atoms in total. The quantitative estimate of drug-likeness (QED) is 0.0272. The van der Waals surface area contributed by atoms with E-state index in [1.54, 1.807) is 0 Å². The van der Waals surface area contributed by atoms with Crippen LogP contribution in [0.5, 0.6) is 0 Å². The third-order valence-electron chi connectivity index (χ3n) is 20.4. The molecule has 9 unspecified atom stereocenters. The molecule has 8 N–H and O–H groups in total. The Balaban J connectivity index is 2.09. The normalized spacial score (nSPS) is 18.3. The van der Waals surface area contributed by atoms with Gasteiger partial charge < -0.3 is 50.5 Å². The largest absolute Gasteiger partial charge is 0.394 e. The topological polar surface area (TPSA) is 189 Å². The first-order valence-electron chi connectivity index (χ1n) is 40.9. The molecule has 0 spiro atoms. The Labute approximate surface area is 564 Å². The van der Waals surface area contributed by atoms with Gasteiger partial charge in [-0.3, -0.25) is 4.79 Å². The highest BCUT2D eigenvalue weighted by Gasteiger charge is 2.44. The molecule has 1 amide bonds. The number of amides is 1. The van der Waals surface area contributed by atoms with Crippen molar-refractivity contribution in [3.05, 3.63) is 0 Å². The molecule has 1 saturated heterocycles. The second-order valence-electron chi connectivity index (χ2n) is 29.2. The Morgan fingerprint density at radius 1 is 0.341 bits per heavy atom. The summed E-state index contributed by atoms with van der Waals surface area (Å²) in [6.07, 6.45) is 75.2. The van der Waals surface area contributed by atoms with Crippen LogP contribution in [0.3, 0.4) is 0 Å². The SMILES string of the molecule is CCCCCCCCCCCCCCCCCCCCCCCCCCCCCCCCCCCCCCCCC(O)C(=O)NC(COC1OC(CO)C(O)C(O)C1O)C(O)C(O)CCCCCCCCCCCCCCCCCCCCCCCCCCCC. The molecule has 1 aliphatic heterocycles. The zero-order valence-electron chi connectivity index (χ0n) is 60.6. The van der Waals surface area contributed by atoms with Gasteiger partial charge in [0.25, 0.3) is 0 Å². The molecule has 1 heterocycles. The lowest BCUT2D eigenvalue weighted by Gasteiger charge is -2.40. The van der Waals surface area contributed by atoms with Gasteiger partial charge in [0.2, 0.25) is 5.91 Å². The van der Waals surface area contributed by atoms with Gasteiger partial charge in [-0.15, -0.1) is 0 Å². The van der Waals surface area contributed by atoms with E-state index in [0.717, 1.165) is 38.5 Å². The van der Waals surface area contributed by atoms with Crippen molar-refractivity contribution in [3.63, 3.8) is 0 Å². The van der Waals surface area contributed by atoms with Crippen molar-refractivity contribution in [3.8, 4) is 0 Å². The molecule has 544 valence electrons. The van der Waals surface area contributed by atoms with Crippen LogP contribution in [0.25, 0.3) is 0 Å². The number of carbonyl (C=O) groups excluding carboxylic acids is 1. The highest BCUT2D eigenvalue weighted by molar-refractivity contribution is 5.80. The van der Waals surface area contributed by atoms with Crippen LogP contribution in [-0.2, 0) is 14.3 Å². The van der Waals surface area contributed by atoms with Crippen LogP contribution < -0.4 is 5.32 Å². The maximum Gasteiger partial charge on any atom is 0.249 e. The number of hydrogen-bond donors (Lipinski definition) is 8. The Morgan fingerprint density at radius 3 is 0.813 bits per heavy atom. The van der Waals surface area contributed by atoms with Gasteiger partial charge >= 0.3 is 0 Å². The summed E-state index contributed by atoms with van der Waals surface area (Å²) in [5.74, 6) is -0.685. The summed E-state index contributed by atoms with van der Waals surface area (Å²) in [5.41, 5.74) is 0. The minimum atomic E-state index is -1.66. The number of nitrogens with one attached hydrogen (secondary N) is 1. The van der Waals surface area contributed by atoms with Gasteiger partial charge in [-0.05, 0) is 12.8 Å². The highest BCUT2D eigenvalue weighted by atomic mass is 16.7. The lowest BCUT2D eigenvalue weighted by atomic mass is 9.98. The van der Waals surface area contributed by atoms with Crippen molar-refractivity contribution in [2.24, 2.45) is 0 Å². The second-order valence-corrected chi connectivity index (χ2v) is 29.2.